The maximum absolute atomic E-state index is 14.2. The third kappa shape index (κ3) is 27.6. The van der Waals surface area contributed by atoms with Crippen LogP contribution in [0.2, 0.25) is 0 Å². The monoisotopic (exact) mass is 1030 g/mol. The van der Waals surface area contributed by atoms with Crippen LogP contribution in [0.5, 0.6) is 0 Å². The fourth-order valence-electron chi connectivity index (χ4n) is 6.47. The SMILES string of the molecule is CC(C)(C)OC(=O)N=C(N(CCCCCCCCN=C(NC(=O)OC(C)(C)C)NC(=O)OC(C)(C)C)C(=O)OC(C)(C)C)N(CCCc1ccc(C2=NCCCN2C(=O)OC(C)(C)C)cn1)C(=O)OC(C)(C)C. The second kappa shape index (κ2) is 27.3. The first-order valence-electron chi connectivity index (χ1n) is 25.3. The van der Waals surface area contributed by atoms with Crippen molar-refractivity contribution < 1.29 is 57.2 Å². The highest BCUT2D eigenvalue weighted by molar-refractivity contribution is 6.07. The van der Waals surface area contributed by atoms with Crippen molar-refractivity contribution in [1.29, 1.82) is 0 Å². The Labute approximate surface area is 434 Å². The van der Waals surface area contributed by atoms with E-state index in [1.54, 1.807) is 110 Å². The molecular weight excluding hydrogens is 943 g/mol. The molecule has 73 heavy (non-hydrogen) atoms. The minimum absolute atomic E-state index is 0.0172. The van der Waals surface area contributed by atoms with Crippen LogP contribution in [-0.2, 0) is 34.8 Å². The number of amidine groups is 1. The Morgan fingerprint density at radius 3 is 1.52 bits per heavy atom. The Balaban J connectivity index is 2.36. The van der Waals surface area contributed by atoms with Gasteiger partial charge < -0.3 is 28.4 Å². The number of amides is 6. The normalized spacial score (nSPS) is 13.7. The summed E-state index contributed by atoms with van der Waals surface area (Å²) in [4.78, 5) is 102. The number of pyridine rings is 1. The van der Waals surface area contributed by atoms with Gasteiger partial charge in [-0.05, 0) is 169 Å². The number of carbonyl (C=O) groups is 6. The van der Waals surface area contributed by atoms with Crippen molar-refractivity contribution in [2.24, 2.45) is 15.0 Å². The minimum Gasteiger partial charge on any atom is -0.444 e. The molecule has 2 rings (SSSR count). The van der Waals surface area contributed by atoms with Gasteiger partial charge in [0, 0.05) is 50.2 Å². The van der Waals surface area contributed by atoms with Crippen LogP contribution in [-0.4, -0.2) is 140 Å². The van der Waals surface area contributed by atoms with Crippen LogP contribution in [0.3, 0.4) is 0 Å². The van der Waals surface area contributed by atoms with E-state index in [9.17, 15) is 28.8 Å². The largest absolute Gasteiger partial charge is 0.444 e. The van der Waals surface area contributed by atoms with E-state index in [1.807, 2.05) is 32.9 Å². The van der Waals surface area contributed by atoms with E-state index >= 15 is 0 Å². The zero-order chi connectivity index (χ0) is 55.6. The molecule has 0 aromatic carbocycles. The van der Waals surface area contributed by atoms with Crippen molar-refractivity contribution in [3.63, 3.8) is 0 Å². The van der Waals surface area contributed by atoms with E-state index in [4.69, 9.17) is 28.4 Å². The molecule has 0 aliphatic carbocycles. The Hall–Kier alpha value is -6.02. The Morgan fingerprint density at radius 2 is 1.05 bits per heavy atom. The summed E-state index contributed by atoms with van der Waals surface area (Å²) < 4.78 is 33.6. The number of aromatic nitrogens is 1. The number of rotatable bonds is 14. The average Bonchev–Trinajstić information content (AvgIpc) is 3.18. The predicted molar refractivity (Wildman–Crippen MR) is 280 cm³/mol. The topological polar surface area (TPSA) is 242 Å². The molecule has 0 atom stereocenters. The smallest absolute Gasteiger partial charge is 0.437 e. The molecule has 1 aromatic rings. The molecule has 2 N–H and O–H groups in total. The number of guanidine groups is 2. The van der Waals surface area contributed by atoms with Gasteiger partial charge in [0.25, 0.3) is 0 Å². The molecule has 1 aliphatic heterocycles. The first-order chi connectivity index (χ1) is 33.4. The molecule has 1 aliphatic rings. The van der Waals surface area contributed by atoms with Crippen LogP contribution in [0.4, 0.5) is 28.8 Å². The zero-order valence-corrected chi connectivity index (χ0v) is 47.2. The molecule has 6 amide bonds. The molecule has 0 spiro atoms. The highest BCUT2D eigenvalue weighted by Crippen LogP contribution is 2.21. The Morgan fingerprint density at radius 1 is 0.589 bits per heavy atom. The minimum atomic E-state index is -1.03. The summed E-state index contributed by atoms with van der Waals surface area (Å²) in [6.45, 7) is 32.3. The fraction of sp³-hybridized carbons (Fsp3) is 0.731. The molecule has 412 valence electrons. The summed E-state index contributed by atoms with van der Waals surface area (Å²) in [5, 5.41) is 4.97. The number of aliphatic imine (C=N–C) groups is 3. The number of unbranched alkanes of at least 4 members (excludes halogenated alkanes) is 5. The number of carbonyl (C=O) groups excluding carboxylic acids is 6. The molecule has 0 bridgehead atoms. The molecule has 0 radical (unpaired) electrons. The Bertz CT molecular complexity index is 2070. The van der Waals surface area contributed by atoms with Gasteiger partial charge in [-0.25, -0.2) is 38.6 Å². The number of hydrogen-bond donors (Lipinski definition) is 2. The number of aryl methyl sites for hydroxylation is 1. The quantitative estimate of drug-likeness (QED) is 0.0763. The molecule has 0 fully saturated rings. The van der Waals surface area contributed by atoms with E-state index in [-0.39, 0.29) is 31.6 Å². The summed E-state index contributed by atoms with van der Waals surface area (Å²) in [6, 6.07) is 3.65. The molecular formula is C52H87N9O12. The third-order valence-electron chi connectivity index (χ3n) is 9.16. The average molecular weight is 1030 g/mol. The molecule has 0 unspecified atom stereocenters. The van der Waals surface area contributed by atoms with Gasteiger partial charge in [0.1, 0.15) is 39.4 Å². The summed E-state index contributed by atoms with van der Waals surface area (Å²) in [6.07, 6.45) is 2.23. The van der Waals surface area contributed by atoms with E-state index in [1.165, 1.54) is 9.80 Å². The fourth-order valence-corrected chi connectivity index (χ4v) is 6.47. The Kier molecular flexibility index (Phi) is 23.6. The van der Waals surface area contributed by atoms with Gasteiger partial charge in [-0.2, -0.15) is 0 Å². The third-order valence-corrected chi connectivity index (χ3v) is 9.16. The number of hydrogen-bond acceptors (Lipinski definition) is 15. The van der Waals surface area contributed by atoms with Crippen molar-refractivity contribution >= 4 is 54.3 Å². The van der Waals surface area contributed by atoms with Crippen molar-refractivity contribution in [2.45, 2.75) is 216 Å². The summed E-state index contributed by atoms with van der Waals surface area (Å²) in [5.74, 6) is 0.0645. The lowest BCUT2D eigenvalue weighted by atomic mass is 10.1. The molecule has 21 heteroatoms. The standard InChI is InChI=1S/C52H87N9O12/c1-47(2,3)68-41(62)56-39(57-42(63)69-48(4,5)6)54-30-23-21-19-20-22-24-32-60(45(66)72-51(13,14)15)40(58-43(64)70-49(7,8)9)61(46(67)73-52(16,17)18)33-25-27-37-29-28-36(35-55-37)38-53-31-26-34-59(38)44(65)71-50(10,11)12/h28-29,35H,19-27,30-34H2,1-18H3,(H2,54,56,57,62,63). The summed E-state index contributed by atoms with van der Waals surface area (Å²) in [7, 11) is 0. The highest BCUT2D eigenvalue weighted by Gasteiger charge is 2.36. The van der Waals surface area contributed by atoms with Gasteiger partial charge in [0.2, 0.25) is 11.9 Å². The van der Waals surface area contributed by atoms with Gasteiger partial charge in [0.15, 0.2) is 0 Å². The van der Waals surface area contributed by atoms with Gasteiger partial charge in [-0.3, -0.25) is 30.5 Å². The van der Waals surface area contributed by atoms with Gasteiger partial charge in [-0.15, -0.1) is 4.99 Å². The first kappa shape index (κ1) is 63.1. The van der Waals surface area contributed by atoms with Crippen molar-refractivity contribution in [3.8, 4) is 0 Å². The zero-order valence-electron chi connectivity index (χ0n) is 47.2. The molecule has 2 heterocycles. The first-order valence-corrected chi connectivity index (χ1v) is 25.3. The van der Waals surface area contributed by atoms with Crippen LogP contribution in [0.15, 0.2) is 33.3 Å². The lowest BCUT2D eigenvalue weighted by molar-refractivity contribution is 0.0268. The number of alkyl carbamates (subject to hydrolysis) is 2. The van der Waals surface area contributed by atoms with Crippen LogP contribution >= 0.6 is 0 Å². The molecule has 21 nitrogen and oxygen atoms in total. The lowest BCUT2D eigenvalue weighted by Crippen LogP contribution is -2.53. The molecule has 1 aromatic heterocycles. The van der Waals surface area contributed by atoms with E-state index in [2.05, 4.69) is 30.6 Å². The van der Waals surface area contributed by atoms with Crippen LogP contribution in [0.1, 0.15) is 187 Å². The van der Waals surface area contributed by atoms with E-state index in [0.717, 1.165) is 24.2 Å². The van der Waals surface area contributed by atoms with E-state index in [0.29, 0.717) is 68.7 Å². The van der Waals surface area contributed by atoms with Crippen LogP contribution < -0.4 is 10.6 Å². The second-order valence-corrected chi connectivity index (χ2v) is 23.6. The maximum Gasteiger partial charge on any atom is 0.437 e. The predicted octanol–water partition coefficient (Wildman–Crippen LogP) is 10.9. The maximum atomic E-state index is 14.2. The molecule has 0 saturated heterocycles. The lowest BCUT2D eigenvalue weighted by Gasteiger charge is -2.34. The highest BCUT2D eigenvalue weighted by atomic mass is 16.6. The van der Waals surface area contributed by atoms with Gasteiger partial charge >= 0.3 is 36.6 Å². The van der Waals surface area contributed by atoms with Crippen molar-refractivity contribution in [3.05, 3.63) is 29.6 Å². The number of ether oxygens (including phenoxy) is 6. The summed E-state index contributed by atoms with van der Waals surface area (Å²) >= 11 is 0. The number of nitrogens with zero attached hydrogens (tertiary/aromatic N) is 7. The van der Waals surface area contributed by atoms with Gasteiger partial charge in [-0.1, -0.05) is 25.7 Å². The van der Waals surface area contributed by atoms with E-state index < -0.39 is 70.2 Å². The second-order valence-electron chi connectivity index (χ2n) is 23.6. The number of nitrogens with one attached hydrogen (secondary N) is 2. The van der Waals surface area contributed by atoms with Crippen LogP contribution in [0, 0.1) is 0 Å². The van der Waals surface area contributed by atoms with Crippen molar-refractivity contribution in [1.82, 2.24) is 30.3 Å². The molecule has 0 saturated carbocycles. The van der Waals surface area contributed by atoms with Gasteiger partial charge in [0.05, 0.1) is 0 Å². The van der Waals surface area contributed by atoms with Crippen molar-refractivity contribution in [2.75, 3.05) is 32.7 Å². The van der Waals surface area contributed by atoms with Crippen LogP contribution in [0.25, 0.3) is 0 Å². The summed E-state index contributed by atoms with van der Waals surface area (Å²) in [5.41, 5.74) is -3.79.